The van der Waals surface area contributed by atoms with Crippen LogP contribution in [0.4, 0.5) is 8.78 Å². The quantitative estimate of drug-likeness (QED) is 0.845. The van der Waals surface area contributed by atoms with Crippen molar-refractivity contribution in [2.45, 2.75) is 26.4 Å². The van der Waals surface area contributed by atoms with Crippen molar-refractivity contribution in [2.24, 2.45) is 5.92 Å². The topological polar surface area (TPSA) is 58.2 Å². The van der Waals surface area contributed by atoms with Gasteiger partial charge in [-0.2, -0.15) is 0 Å². The number of carbonyl (C=O) groups excluding carboxylic acids is 2. The summed E-state index contributed by atoms with van der Waals surface area (Å²) in [6, 6.07) is 10.2. The van der Waals surface area contributed by atoms with E-state index in [9.17, 15) is 18.4 Å². The lowest BCUT2D eigenvalue weighted by Crippen LogP contribution is -2.49. The molecule has 0 aliphatic heterocycles. The summed E-state index contributed by atoms with van der Waals surface area (Å²) in [6.45, 7) is 3.86. The van der Waals surface area contributed by atoms with Crippen LogP contribution in [0, 0.1) is 17.6 Å². The summed E-state index contributed by atoms with van der Waals surface area (Å²) in [6.07, 6.45) is 0. The number of amides is 2. The third-order valence-corrected chi connectivity index (χ3v) is 3.72. The van der Waals surface area contributed by atoms with Crippen molar-refractivity contribution >= 4 is 11.8 Å². The predicted octanol–water partition coefficient (Wildman–Crippen LogP) is 3.04. The van der Waals surface area contributed by atoms with Crippen LogP contribution < -0.4 is 10.6 Å². The molecule has 0 saturated carbocycles. The lowest BCUT2D eigenvalue weighted by molar-refractivity contribution is -0.124. The summed E-state index contributed by atoms with van der Waals surface area (Å²) in [5.41, 5.74) is 1.03. The summed E-state index contributed by atoms with van der Waals surface area (Å²) in [7, 11) is 0. The van der Waals surface area contributed by atoms with E-state index in [0.29, 0.717) is 0 Å². The molecule has 0 heterocycles. The van der Waals surface area contributed by atoms with E-state index < -0.39 is 17.8 Å². The van der Waals surface area contributed by atoms with Gasteiger partial charge in [0.25, 0.3) is 5.91 Å². The van der Waals surface area contributed by atoms with Gasteiger partial charge in [0.15, 0.2) is 0 Å². The van der Waals surface area contributed by atoms with E-state index in [1.807, 2.05) is 13.8 Å². The minimum atomic E-state index is -0.738. The average Bonchev–Trinajstić information content (AvgIpc) is 2.59. The van der Waals surface area contributed by atoms with Gasteiger partial charge in [-0.25, -0.2) is 8.78 Å². The highest BCUT2D eigenvalue weighted by molar-refractivity contribution is 5.97. The Morgan fingerprint density at radius 3 is 1.96 bits per heavy atom. The van der Waals surface area contributed by atoms with Gasteiger partial charge in [0, 0.05) is 12.1 Å². The molecule has 0 bridgehead atoms. The molecule has 0 spiro atoms. The Bertz CT molecular complexity index is 728. The van der Waals surface area contributed by atoms with Gasteiger partial charge in [0.2, 0.25) is 5.91 Å². The van der Waals surface area contributed by atoms with Crippen LogP contribution >= 0.6 is 0 Å². The summed E-state index contributed by atoms with van der Waals surface area (Å²) in [4.78, 5) is 24.6. The predicted molar refractivity (Wildman–Crippen MR) is 90.7 cm³/mol. The smallest absolute Gasteiger partial charge is 0.251 e. The molecule has 0 radical (unpaired) electrons. The number of hydrogen-bond acceptors (Lipinski definition) is 2. The molecule has 0 saturated heterocycles. The fourth-order valence-corrected chi connectivity index (χ4v) is 2.26. The molecule has 2 amide bonds. The number of rotatable bonds is 6. The molecule has 2 aromatic carbocycles. The minimum absolute atomic E-state index is 0.141. The van der Waals surface area contributed by atoms with Crippen molar-refractivity contribution in [3.63, 3.8) is 0 Å². The van der Waals surface area contributed by atoms with Crippen molar-refractivity contribution in [1.29, 1.82) is 0 Å². The molecule has 4 nitrogen and oxygen atoms in total. The van der Waals surface area contributed by atoms with E-state index in [1.165, 1.54) is 36.4 Å². The lowest BCUT2D eigenvalue weighted by atomic mass is 10.0. The number of nitrogens with one attached hydrogen (secondary N) is 2. The summed E-state index contributed by atoms with van der Waals surface area (Å²) < 4.78 is 25.8. The van der Waals surface area contributed by atoms with Gasteiger partial charge in [-0.1, -0.05) is 26.0 Å². The van der Waals surface area contributed by atoms with Gasteiger partial charge in [-0.15, -0.1) is 0 Å². The zero-order valence-electron chi connectivity index (χ0n) is 14.1. The largest absolute Gasteiger partial charge is 0.350 e. The van der Waals surface area contributed by atoms with Crippen molar-refractivity contribution < 1.29 is 18.4 Å². The van der Waals surface area contributed by atoms with Crippen molar-refractivity contribution in [3.8, 4) is 0 Å². The maximum Gasteiger partial charge on any atom is 0.251 e. The van der Waals surface area contributed by atoms with Crippen LogP contribution in [0.15, 0.2) is 48.5 Å². The Morgan fingerprint density at radius 2 is 1.44 bits per heavy atom. The summed E-state index contributed by atoms with van der Waals surface area (Å²) in [5, 5.41) is 5.39. The first-order valence-electron chi connectivity index (χ1n) is 7.95. The Labute approximate surface area is 145 Å². The Balaban J connectivity index is 1.98. The molecule has 132 valence electrons. The molecule has 0 aromatic heterocycles. The molecule has 2 N–H and O–H groups in total. The van der Waals surface area contributed by atoms with Gasteiger partial charge in [0.1, 0.15) is 17.7 Å². The van der Waals surface area contributed by atoms with Crippen LogP contribution in [0.2, 0.25) is 0 Å². The molecular formula is C19H20F2N2O2. The molecule has 2 rings (SSSR count). The Hall–Kier alpha value is -2.76. The van der Waals surface area contributed by atoms with Crippen LogP contribution in [-0.2, 0) is 11.3 Å². The van der Waals surface area contributed by atoms with Crippen molar-refractivity contribution in [3.05, 3.63) is 71.3 Å². The van der Waals surface area contributed by atoms with Crippen LogP contribution in [0.5, 0.6) is 0 Å². The third-order valence-electron chi connectivity index (χ3n) is 3.72. The van der Waals surface area contributed by atoms with Crippen molar-refractivity contribution in [2.75, 3.05) is 0 Å². The lowest BCUT2D eigenvalue weighted by Gasteiger charge is -2.22. The first-order valence-corrected chi connectivity index (χ1v) is 7.95. The second kappa shape index (κ2) is 8.37. The van der Waals surface area contributed by atoms with E-state index in [-0.39, 0.29) is 29.8 Å². The Morgan fingerprint density at radius 1 is 0.920 bits per heavy atom. The van der Waals surface area contributed by atoms with E-state index in [1.54, 1.807) is 12.1 Å². The first kappa shape index (κ1) is 18.6. The highest BCUT2D eigenvalue weighted by Crippen LogP contribution is 2.08. The highest BCUT2D eigenvalue weighted by Gasteiger charge is 2.24. The zero-order chi connectivity index (χ0) is 18.4. The second-order valence-electron chi connectivity index (χ2n) is 6.05. The molecule has 0 fully saturated rings. The van der Waals surface area contributed by atoms with E-state index in [4.69, 9.17) is 0 Å². The van der Waals surface area contributed by atoms with Gasteiger partial charge in [0.05, 0.1) is 0 Å². The molecule has 0 aliphatic rings. The maximum absolute atomic E-state index is 12.9. The van der Waals surface area contributed by atoms with E-state index >= 15 is 0 Å². The second-order valence-corrected chi connectivity index (χ2v) is 6.05. The average molecular weight is 346 g/mol. The SMILES string of the molecule is CC(C)C(NC(=O)c1ccc(F)cc1)C(=O)NCc1ccc(F)cc1. The van der Waals surface area contributed by atoms with E-state index in [2.05, 4.69) is 10.6 Å². The molecule has 1 unspecified atom stereocenters. The van der Waals surface area contributed by atoms with Gasteiger partial charge >= 0.3 is 0 Å². The van der Waals surface area contributed by atoms with Crippen molar-refractivity contribution in [1.82, 2.24) is 10.6 Å². The standard InChI is InChI=1S/C19H20F2N2O2/c1-12(2)17(23-18(24)14-5-9-16(21)10-6-14)19(25)22-11-13-3-7-15(20)8-4-13/h3-10,12,17H,11H2,1-2H3,(H,22,25)(H,23,24). The third kappa shape index (κ3) is 5.38. The van der Waals surface area contributed by atoms with E-state index in [0.717, 1.165) is 5.56 Å². The Kier molecular flexibility index (Phi) is 6.22. The molecular weight excluding hydrogens is 326 g/mol. The summed E-state index contributed by atoms with van der Waals surface area (Å²) >= 11 is 0. The van der Waals surface area contributed by atoms with Crippen LogP contribution in [0.3, 0.4) is 0 Å². The van der Waals surface area contributed by atoms with Crippen LogP contribution in [0.1, 0.15) is 29.8 Å². The maximum atomic E-state index is 12.9. The molecule has 6 heteroatoms. The van der Waals surface area contributed by atoms with Crippen LogP contribution in [0.25, 0.3) is 0 Å². The van der Waals surface area contributed by atoms with Gasteiger partial charge in [-0.3, -0.25) is 9.59 Å². The monoisotopic (exact) mass is 346 g/mol. The normalized spacial score (nSPS) is 11.9. The summed E-state index contributed by atoms with van der Waals surface area (Å²) in [5.74, 6) is -1.71. The highest BCUT2D eigenvalue weighted by atomic mass is 19.1. The molecule has 0 aliphatic carbocycles. The molecule has 2 aromatic rings. The number of hydrogen-bond donors (Lipinski definition) is 2. The van der Waals surface area contributed by atoms with Gasteiger partial charge in [-0.05, 0) is 47.9 Å². The minimum Gasteiger partial charge on any atom is -0.350 e. The number of carbonyl (C=O) groups is 2. The molecule has 25 heavy (non-hydrogen) atoms. The fraction of sp³-hybridized carbons (Fsp3) is 0.263. The zero-order valence-corrected chi connectivity index (χ0v) is 14.1. The van der Waals surface area contributed by atoms with Gasteiger partial charge < -0.3 is 10.6 Å². The fourth-order valence-electron chi connectivity index (χ4n) is 2.26. The first-order chi connectivity index (χ1) is 11.9. The number of benzene rings is 2. The molecule has 1 atom stereocenters. The number of halogens is 2. The van der Waals surface area contributed by atoms with Crippen LogP contribution in [-0.4, -0.2) is 17.9 Å².